The summed E-state index contributed by atoms with van der Waals surface area (Å²) in [5.41, 5.74) is 2.12. The van der Waals surface area contributed by atoms with Gasteiger partial charge in [0.1, 0.15) is 23.9 Å². The van der Waals surface area contributed by atoms with Crippen LogP contribution in [0.4, 0.5) is 0 Å². The van der Waals surface area contributed by atoms with Crippen molar-refractivity contribution in [2.75, 3.05) is 0 Å². The number of aliphatic hydroxyl groups is 1. The molecule has 8 heteroatoms. The van der Waals surface area contributed by atoms with Gasteiger partial charge in [0.05, 0.1) is 11.4 Å². The van der Waals surface area contributed by atoms with Gasteiger partial charge in [0, 0.05) is 5.56 Å². The molecule has 3 aromatic rings. The Labute approximate surface area is 199 Å². The monoisotopic (exact) mass is 484 g/mol. The second-order valence-corrected chi connectivity index (χ2v) is 9.63. The fourth-order valence-corrected chi connectivity index (χ4v) is 4.17. The normalized spacial score (nSPS) is 13.6. The van der Waals surface area contributed by atoms with Crippen LogP contribution in [0.15, 0.2) is 84.9 Å². The van der Waals surface area contributed by atoms with E-state index in [-0.39, 0.29) is 30.9 Å². The minimum absolute atomic E-state index is 0.0513. The van der Waals surface area contributed by atoms with Gasteiger partial charge in [0.15, 0.2) is 0 Å². The topological polar surface area (TPSA) is 124 Å². The maximum atomic E-state index is 11.8. The van der Waals surface area contributed by atoms with Gasteiger partial charge in [-0.2, -0.15) is 8.42 Å². The molecule has 3 aromatic carbocycles. The van der Waals surface area contributed by atoms with Crippen LogP contribution < -0.4 is 4.74 Å². The zero-order valence-corrected chi connectivity index (χ0v) is 19.3. The van der Waals surface area contributed by atoms with E-state index in [1.165, 1.54) is 24.3 Å². The number of phenolic OH excluding ortho intramolecular Hbond substituents is 2. The first-order chi connectivity index (χ1) is 16.2. The quantitative estimate of drug-likeness (QED) is 0.233. The number of hydrogen-bond donors (Lipinski definition) is 4. The molecular formula is C26H28O7S. The fraction of sp³-hybridized carbons (Fsp3) is 0.231. The van der Waals surface area contributed by atoms with E-state index >= 15 is 0 Å². The molecule has 0 aliphatic carbocycles. The predicted octanol–water partition coefficient (Wildman–Crippen LogP) is 4.55. The van der Waals surface area contributed by atoms with Crippen LogP contribution in [-0.4, -0.2) is 33.5 Å². The molecule has 4 N–H and O–H groups in total. The van der Waals surface area contributed by atoms with Gasteiger partial charge < -0.3 is 20.1 Å². The van der Waals surface area contributed by atoms with Crippen molar-refractivity contribution in [1.82, 2.24) is 0 Å². The van der Waals surface area contributed by atoms with Gasteiger partial charge in [0.2, 0.25) is 0 Å². The smallest absolute Gasteiger partial charge is 0.268 e. The van der Waals surface area contributed by atoms with Crippen LogP contribution >= 0.6 is 0 Å². The van der Waals surface area contributed by atoms with Crippen LogP contribution in [-0.2, 0) is 23.1 Å². The lowest BCUT2D eigenvalue weighted by atomic mass is 10.1. The third-order valence-electron chi connectivity index (χ3n) is 5.44. The highest BCUT2D eigenvalue weighted by Gasteiger charge is 2.21. The van der Waals surface area contributed by atoms with Crippen molar-refractivity contribution < 1.29 is 33.0 Å². The Bertz CT molecular complexity index is 1190. The van der Waals surface area contributed by atoms with Crippen LogP contribution in [0, 0.1) is 0 Å². The summed E-state index contributed by atoms with van der Waals surface area (Å²) in [6.07, 6.45) is 2.73. The third-order valence-corrected chi connectivity index (χ3v) is 6.71. The predicted molar refractivity (Wildman–Crippen MR) is 129 cm³/mol. The van der Waals surface area contributed by atoms with E-state index in [9.17, 15) is 28.3 Å². The van der Waals surface area contributed by atoms with Crippen molar-refractivity contribution in [2.24, 2.45) is 0 Å². The van der Waals surface area contributed by atoms with E-state index in [4.69, 9.17) is 4.74 Å². The first-order valence-corrected chi connectivity index (χ1v) is 12.3. The number of ether oxygens (including phenoxy) is 1. The lowest BCUT2D eigenvalue weighted by Crippen LogP contribution is -2.20. The highest BCUT2D eigenvalue weighted by molar-refractivity contribution is 7.86. The van der Waals surface area contributed by atoms with Gasteiger partial charge in [-0.05, 0) is 60.7 Å². The molecule has 0 radical (unpaired) electrons. The van der Waals surface area contributed by atoms with Gasteiger partial charge in [-0.15, -0.1) is 0 Å². The average molecular weight is 485 g/mol. The maximum absolute atomic E-state index is 11.8. The van der Waals surface area contributed by atoms with Crippen molar-refractivity contribution in [3.63, 3.8) is 0 Å². The molecule has 0 spiro atoms. The van der Waals surface area contributed by atoms with Crippen molar-refractivity contribution in [2.45, 2.75) is 37.2 Å². The molecule has 0 heterocycles. The van der Waals surface area contributed by atoms with Crippen LogP contribution in [0.2, 0.25) is 0 Å². The lowest BCUT2D eigenvalue weighted by molar-refractivity contribution is 0.228. The molecule has 0 saturated carbocycles. The van der Waals surface area contributed by atoms with Crippen LogP contribution in [0.5, 0.6) is 17.2 Å². The number of hydrogen-bond acceptors (Lipinski definition) is 6. The molecule has 7 nitrogen and oxygen atoms in total. The minimum atomic E-state index is -4.27. The van der Waals surface area contributed by atoms with E-state index in [0.29, 0.717) is 23.3 Å². The summed E-state index contributed by atoms with van der Waals surface area (Å²) in [5.74, 6) is 0.867. The summed E-state index contributed by atoms with van der Waals surface area (Å²) in [7, 11) is -4.27. The number of benzene rings is 3. The lowest BCUT2D eigenvalue weighted by Gasteiger charge is -2.13. The zero-order chi connectivity index (χ0) is 24.6. The Hall–Kier alpha value is -3.33. The van der Waals surface area contributed by atoms with Gasteiger partial charge in [0.25, 0.3) is 10.1 Å². The van der Waals surface area contributed by atoms with Crippen LogP contribution in [0.1, 0.15) is 35.6 Å². The Morgan fingerprint density at radius 2 is 1.59 bits per heavy atom. The number of para-hydroxylation sites is 1. The average Bonchev–Trinajstić information content (AvgIpc) is 2.81. The second-order valence-electron chi connectivity index (χ2n) is 7.94. The molecule has 0 bridgehead atoms. The molecule has 0 aliphatic rings. The molecule has 0 fully saturated rings. The largest absolute Gasteiger partial charge is 0.508 e. The van der Waals surface area contributed by atoms with Crippen molar-refractivity contribution in [1.29, 1.82) is 0 Å². The second kappa shape index (κ2) is 11.7. The number of phenols is 2. The molecule has 180 valence electrons. The fourth-order valence-electron chi connectivity index (χ4n) is 3.40. The highest BCUT2D eigenvalue weighted by Crippen LogP contribution is 2.22. The SMILES string of the molecule is O=S(=O)(O)[C@@H](C/C=C/[C@@H](O)c1ccc(O)cc1)CCc1ccc(OCc2ccccc2O)cc1. The van der Waals surface area contributed by atoms with Crippen LogP contribution in [0.25, 0.3) is 0 Å². The molecule has 0 aliphatic heterocycles. The number of aliphatic hydroxyl groups excluding tert-OH is 1. The number of allylic oxidation sites excluding steroid dienone is 1. The molecule has 2 atom stereocenters. The molecule has 34 heavy (non-hydrogen) atoms. The molecule has 0 unspecified atom stereocenters. The molecule has 3 rings (SSSR count). The molecular weight excluding hydrogens is 456 g/mol. The van der Waals surface area contributed by atoms with E-state index in [2.05, 4.69) is 0 Å². The first kappa shape index (κ1) is 25.3. The first-order valence-electron chi connectivity index (χ1n) is 10.8. The number of aromatic hydroxyl groups is 2. The van der Waals surface area contributed by atoms with Gasteiger partial charge in [-0.3, -0.25) is 4.55 Å². The Morgan fingerprint density at radius 1 is 0.912 bits per heavy atom. The van der Waals surface area contributed by atoms with Crippen LogP contribution in [0.3, 0.4) is 0 Å². The summed E-state index contributed by atoms with van der Waals surface area (Å²) in [6.45, 7) is 0.221. The number of rotatable bonds is 11. The van der Waals surface area contributed by atoms with E-state index in [0.717, 1.165) is 5.56 Å². The van der Waals surface area contributed by atoms with E-state index < -0.39 is 21.5 Å². The summed E-state index contributed by atoms with van der Waals surface area (Å²) in [5, 5.41) is 28.3. The van der Waals surface area contributed by atoms with Gasteiger partial charge in [-0.25, -0.2) is 0 Å². The summed E-state index contributed by atoms with van der Waals surface area (Å²) >= 11 is 0. The standard InChI is InChI=1S/C26H28O7S/c27-22-13-11-20(12-14-22)25(28)7-3-5-24(34(30,31)32)17-10-19-8-15-23(16-9-19)33-18-21-4-1-2-6-26(21)29/h1-4,6-9,11-16,24-25,27-29H,5,10,17-18H2,(H,30,31,32)/b7-3+/t24-,25+/m0/s1. The minimum Gasteiger partial charge on any atom is -0.508 e. The van der Waals surface area contributed by atoms with E-state index in [1.807, 2.05) is 18.2 Å². The summed E-state index contributed by atoms with van der Waals surface area (Å²) < 4.78 is 39.0. The third kappa shape index (κ3) is 7.62. The maximum Gasteiger partial charge on any atom is 0.268 e. The Balaban J connectivity index is 1.53. The number of aryl methyl sites for hydroxylation is 1. The van der Waals surface area contributed by atoms with Crippen molar-refractivity contribution >= 4 is 10.1 Å². The van der Waals surface area contributed by atoms with Gasteiger partial charge >= 0.3 is 0 Å². The van der Waals surface area contributed by atoms with Crippen molar-refractivity contribution in [3.8, 4) is 17.2 Å². The highest BCUT2D eigenvalue weighted by atomic mass is 32.2. The Kier molecular flexibility index (Phi) is 8.70. The zero-order valence-electron chi connectivity index (χ0n) is 18.5. The van der Waals surface area contributed by atoms with E-state index in [1.54, 1.807) is 42.5 Å². The molecule has 0 amide bonds. The summed E-state index contributed by atoms with van der Waals surface area (Å²) in [4.78, 5) is 0. The van der Waals surface area contributed by atoms with Crippen molar-refractivity contribution in [3.05, 3.63) is 102 Å². The summed E-state index contributed by atoms with van der Waals surface area (Å²) in [6, 6.07) is 20.2. The molecule has 0 aromatic heterocycles. The van der Waals surface area contributed by atoms with Gasteiger partial charge in [-0.1, -0.05) is 54.6 Å². The molecule has 0 saturated heterocycles. The Morgan fingerprint density at radius 3 is 2.24 bits per heavy atom.